The lowest BCUT2D eigenvalue weighted by atomic mass is 10.1. The quantitative estimate of drug-likeness (QED) is 0.391. The summed E-state index contributed by atoms with van der Waals surface area (Å²) in [7, 11) is -3.52. The van der Waals surface area contributed by atoms with E-state index in [9.17, 15) is 18.0 Å². The zero-order valence-electron chi connectivity index (χ0n) is 23.2. The van der Waals surface area contributed by atoms with Gasteiger partial charge in [0.25, 0.3) is 0 Å². The largest absolute Gasteiger partial charge is 0.354 e. The smallest absolute Gasteiger partial charge is 0.242 e. The Labute approximate surface area is 223 Å². The van der Waals surface area contributed by atoms with Crippen LogP contribution in [0, 0.1) is 19.8 Å². The molecule has 0 radical (unpaired) electrons. The van der Waals surface area contributed by atoms with Crippen molar-refractivity contribution in [2.24, 2.45) is 5.92 Å². The van der Waals surface area contributed by atoms with Gasteiger partial charge in [0.2, 0.25) is 21.8 Å². The number of sulfonamides is 1. The molecule has 1 atom stereocenters. The fourth-order valence-corrected chi connectivity index (χ4v) is 5.37. The van der Waals surface area contributed by atoms with Gasteiger partial charge < -0.3 is 10.2 Å². The van der Waals surface area contributed by atoms with E-state index in [-0.39, 0.29) is 24.8 Å². The van der Waals surface area contributed by atoms with Gasteiger partial charge in [-0.2, -0.15) is 0 Å². The number of carbonyl (C=O) groups excluding carboxylic acids is 2. The van der Waals surface area contributed by atoms with Crippen LogP contribution in [0.5, 0.6) is 0 Å². The third-order valence-electron chi connectivity index (χ3n) is 6.20. The SMILES string of the molecule is CCC(C(=O)NCC(C)C)N(CCc1ccccc1)C(=O)CCCN(c1cc(C)cc(C)c1)S(C)(=O)=O. The van der Waals surface area contributed by atoms with Crippen molar-refractivity contribution >= 4 is 27.5 Å². The van der Waals surface area contributed by atoms with Crippen molar-refractivity contribution in [1.82, 2.24) is 10.2 Å². The van der Waals surface area contributed by atoms with Crippen LogP contribution in [-0.4, -0.2) is 57.1 Å². The highest BCUT2D eigenvalue weighted by molar-refractivity contribution is 7.92. The summed E-state index contributed by atoms with van der Waals surface area (Å²) in [6.07, 6.45) is 2.83. The molecule has 0 saturated heterocycles. The van der Waals surface area contributed by atoms with Crippen LogP contribution in [0.4, 0.5) is 5.69 Å². The molecule has 8 heteroatoms. The highest BCUT2D eigenvalue weighted by atomic mass is 32.2. The minimum Gasteiger partial charge on any atom is -0.354 e. The molecule has 204 valence electrons. The summed E-state index contributed by atoms with van der Waals surface area (Å²) >= 11 is 0. The molecule has 1 N–H and O–H groups in total. The zero-order valence-corrected chi connectivity index (χ0v) is 24.0. The number of nitrogens with one attached hydrogen (secondary N) is 1. The van der Waals surface area contributed by atoms with E-state index < -0.39 is 16.1 Å². The molecule has 0 heterocycles. The number of nitrogens with zero attached hydrogens (tertiary/aromatic N) is 2. The first-order valence-electron chi connectivity index (χ1n) is 13.1. The molecule has 37 heavy (non-hydrogen) atoms. The van der Waals surface area contributed by atoms with Gasteiger partial charge in [-0.05, 0) is 67.9 Å². The molecule has 0 fully saturated rings. The van der Waals surface area contributed by atoms with Crippen LogP contribution in [0.25, 0.3) is 0 Å². The number of carbonyl (C=O) groups is 2. The summed E-state index contributed by atoms with van der Waals surface area (Å²) in [5.41, 5.74) is 3.65. The van der Waals surface area contributed by atoms with Crippen LogP contribution < -0.4 is 9.62 Å². The zero-order chi connectivity index (χ0) is 27.6. The molecule has 1 unspecified atom stereocenters. The maximum atomic E-state index is 13.5. The van der Waals surface area contributed by atoms with E-state index in [2.05, 4.69) is 5.32 Å². The second-order valence-corrected chi connectivity index (χ2v) is 12.1. The number of rotatable bonds is 14. The van der Waals surface area contributed by atoms with Crippen LogP contribution in [0.2, 0.25) is 0 Å². The molecule has 0 bridgehead atoms. The van der Waals surface area contributed by atoms with Crippen molar-refractivity contribution in [3.05, 3.63) is 65.2 Å². The Kier molecular flexibility index (Phi) is 11.6. The summed E-state index contributed by atoms with van der Waals surface area (Å²) in [4.78, 5) is 28.1. The molecule has 0 aliphatic carbocycles. The Morgan fingerprint density at radius 1 is 0.973 bits per heavy atom. The van der Waals surface area contributed by atoms with Crippen molar-refractivity contribution in [2.45, 2.75) is 66.3 Å². The van der Waals surface area contributed by atoms with Crippen molar-refractivity contribution in [3.8, 4) is 0 Å². The van der Waals surface area contributed by atoms with Crippen LogP contribution in [0.3, 0.4) is 0 Å². The van der Waals surface area contributed by atoms with Crippen molar-refractivity contribution < 1.29 is 18.0 Å². The molecule has 2 amide bonds. The number of hydrogen-bond donors (Lipinski definition) is 1. The number of anilines is 1. The van der Waals surface area contributed by atoms with Gasteiger partial charge in [-0.25, -0.2) is 8.42 Å². The standard InChI is InChI=1S/C29H43N3O4S/c1-7-27(29(34)30-21-22(2)3)31(17-15-25-12-9-8-10-13-25)28(33)14-11-16-32(37(6,35)36)26-19-23(4)18-24(5)20-26/h8-10,12-13,18-20,22,27H,7,11,14-17,21H2,1-6H3,(H,30,34). The van der Waals surface area contributed by atoms with E-state index in [1.54, 1.807) is 4.90 Å². The van der Waals surface area contributed by atoms with Gasteiger partial charge in [0.05, 0.1) is 11.9 Å². The predicted molar refractivity (Wildman–Crippen MR) is 151 cm³/mol. The van der Waals surface area contributed by atoms with Gasteiger partial charge in [0.1, 0.15) is 6.04 Å². The van der Waals surface area contributed by atoms with E-state index in [1.807, 2.05) is 83.1 Å². The van der Waals surface area contributed by atoms with Crippen LogP contribution >= 0.6 is 0 Å². The first kappa shape index (κ1) is 30.4. The molecule has 0 saturated carbocycles. The molecule has 2 rings (SSSR count). The van der Waals surface area contributed by atoms with E-state index in [1.165, 1.54) is 10.6 Å². The summed E-state index contributed by atoms with van der Waals surface area (Å²) in [6, 6.07) is 15.0. The lowest BCUT2D eigenvalue weighted by Crippen LogP contribution is -2.50. The fraction of sp³-hybridized carbons (Fsp3) is 0.517. The molecule has 2 aromatic carbocycles. The Hall–Kier alpha value is -2.87. The van der Waals surface area contributed by atoms with E-state index in [0.717, 1.165) is 16.7 Å². The first-order chi connectivity index (χ1) is 17.4. The van der Waals surface area contributed by atoms with E-state index in [4.69, 9.17) is 0 Å². The van der Waals surface area contributed by atoms with E-state index >= 15 is 0 Å². The van der Waals surface area contributed by atoms with Crippen LogP contribution in [-0.2, 0) is 26.0 Å². The number of benzene rings is 2. The average molecular weight is 530 g/mol. The molecular formula is C29H43N3O4S. The summed E-state index contributed by atoms with van der Waals surface area (Å²) in [5.74, 6) is 0.0177. The Bertz CT molecular complexity index is 1110. The minimum atomic E-state index is -3.52. The monoisotopic (exact) mass is 529 g/mol. The van der Waals surface area contributed by atoms with Gasteiger partial charge in [0, 0.05) is 26.1 Å². The van der Waals surface area contributed by atoms with Gasteiger partial charge in [0.15, 0.2) is 0 Å². The number of hydrogen-bond acceptors (Lipinski definition) is 4. The second-order valence-electron chi connectivity index (χ2n) is 10.2. The topological polar surface area (TPSA) is 86.8 Å². The maximum absolute atomic E-state index is 13.5. The predicted octanol–water partition coefficient (Wildman–Crippen LogP) is 4.47. The van der Waals surface area contributed by atoms with Crippen LogP contribution in [0.15, 0.2) is 48.5 Å². The molecule has 0 spiro atoms. The average Bonchev–Trinajstić information content (AvgIpc) is 2.82. The second kappa shape index (κ2) is 14.2. The minimum absolute atomic E-state index is 0.142. The lowest BCUT2D eigenvalue weighted by molar-refractivity contribution is -0.140. The van der Waals surface area contributed by atoms with Crippen molar-refractivity contribution in [1.29, 1.82) is 0 Å². The van der Waals surface area contributed by atoms with Crippen LogP contribution in [0.1, 0.15) is 56.7 Å². The molecule has 7 nitrogen and oxygen atoms in total. The molecule has 2 aromatic rings. The highest BCUT2D eigenvalue weighted by Crippen LogP contribution is 2.22. The summed E-state index contributed by atoms with van der Waals surface area (Å²) in [6.45, 7) is 11.0. The third kappa shape index (κ3) is 9.84. The molecular weight excluding hydrogens is 486 g/mol. The molecule has 0 aliphatic rings. The van der Waals surface area contributed by atoms with Crippen molar-refractivity contribution in [3.63, 3.8) is 0 Å². The number of aryl methyl sites for hydroxylation is 2. The molecule has 0 aromatic heterocycles. The van der Waals surface area contributed by atoms with Gasteiger partial charge >= 0.3 is 0 Å². The van der Waals surface area contributed by atoms with Crippen molar-refractivity contribution in [2.75, 3.05) is 30.2 Å². The van der Waals surface area contributed by atoms with Gasteiger partial charge in [-0.3, -0.25) is 13.9 Å². The Balaban J connectivity index is 2.17. The lowest BCUT2D eigenvalue weighted by Gasteiger charge is -2.31. The van der Waals surface area contributed by atoms with E-state index in [0.29, 0.717) is 44.0 Å². The fourth-order valence-electron chi connectivity index (χ4n) is 4.42. The number of amides is 2. The van der Waals surface area contributed by atoms with Gasteiger partial charge in [-0.1, -0.05) is 57.2 Å². The Morgan fingerprint density at radius 2 is 1.59 bits per heavy atom. The maximum Gasteiger partial charge on any atom is 0.242 e. The molecule has 0 aliphatic heterocycles. The highest BCUT2D eigenvalue weighted by Gasteiger charge is 2.28. The normalized spacial score (nSPS) is 12.3. The summed E-state index contributed by atoms with van der Waals surface area (Å²) in [5, 5.41) is 2.97. The van der Waals surface area contributed by atoms with Gasteiger partial charge in [-0.15, -0.1) is 0 Å². The summed E-state index contributed by atoms with van der Waals surface area (Å²) < 4.78 is 26.5. The Morgan fingerprint density at radius 3 is 2.14 bits per heavy atom. The third-order valence-corrected chi connectivity index (χ3v) is 7.40. The first-order valence-corrected chi connectivity index (χ1v) is 14.9.